The first kappa shape index (κ1) is 56.6. The molecular formula is C50H66LuN5O12. The van der Waals surface area contributed by atoms with Gasteiger partial charge < -0.3 is 62.6 Å². The zero-order valence-corrected chi connectivity index (χ0v) is 42.1. The number of methoxy groups -OCH3 is 2. The normalized spacial score (nSPS) is 13.0. The average molecular weight is 1100 g/mol. The molecular weight excluding hydrogens is 1040 g/mol. The first-order valence-electron chi connectivity index (χ1n) is 23.1. The van der Waals surface area contributed by atoms with Gasteiger partial charge in [0.05, 0.1) is 113 Å². The predicted octanol–water partition coefficient (Wildman–Crippen LogP) is 5.14. The maximum Gasteiger partial charge on any atom is 3.00 e. The minimum absolute atomic E-state index is 0. The summed E-state index contributed by atoms with van der Waals surface area (Å²) in [5.74, 6) is 0.555. The summed E-state index contributed by atoms with van der Waals surface area (Å²) < 4.78 is 51.9. The number of benzene rings is 1. The number of carbonyl (C=O) groups excluding carboxylic acids is 1. The molecule has 6 rings (SSSR count). The van der Waals surface area contributed by atoms with Crippen LogP contribution in [0.25, 0.3) is 44.4 Å². The SMILES string of the molecule is CC(=O)[O-].CCc1c(CC)c2[n-]c1cc1nc(cnc3cc(OCCOCCOCCOC)c(OCCOCCOCCOC)cc3ncc3nc4c2OCCCC4=C3C)C(C)=C1CCC[O-].[Lu+3]. The van der Waals surface area contributed by atoms with Crippen LogP contribution in [0.3, 0.4) is 0 Å². The van der Waals surface area contributed by atoms with E-state index in [-0.39, 0.29) is 56.7 Å². The van der Waals surface area contributed by atoms with Crippen LogP contribution in [0.1, 0.15) is 94.2 Å². The van der Waals surface area contributed by atoms with Gasteiger partial charge in [-0.15, -0.1) is 12.1 Å². The Kier molecular flexibility index (Phi) is 25.4. The Hall–Kier alpha value is -4.04. The number of carboxylic acid groups (broad SMARTS) is 1. The van der Waals surface area contributed by atoms with E-state index < -0.39 is 5.97 Å². The Morgan fingerprint density at radius 2 is 1.24 bits per heavy atom. The molecule has 0 fully saturated rings. The van der Waals surface area contributed by atoms with Crippen molar-refractivity contribution in [3.05, 3.63) is 64.5 Å². The molecule has 3 aromatic rings. The molecule has 0 atom stereocenters. The second-order valence-electron chi connectivity index (χ2n) is 15.6. The maximum atomic E-state index is 11.8. The monoisotopic (exact) mass is 1100 g/mol. The van der Waals surface area contributed by atoms with Crippen molar-refractivity contribution >= 4 is 50.3 Å². The number of nitrogens with zero attached hydrogens (tertiary/aromatic N) is 5. The van der Waals surface area contributed by atoms with Crippen molar-refractivity contribution in [2.75, 3.05) is 107 Å². The predicted molar refractivity (Wildman–Crippen MR) is 251 cm³/mol. The summed E-state index contributed by atoms with van der Waals surface area (Å²) in [6.45, 7) is 14.8. The minimum Gasteiger partial charge on any atom is -0.854 e. The average Bonchev–Trinajstić information content (AvgIpc) is 3.87. The topological polar surface area (TPSA) is 212 Å². The summed E-state index contributed by atoms with van der Waals surface area (Å²) in [4.78, 5) is 34.5. The summed E-state index contributed by atoms with van der Waals surface area (Å²) in [5.41, 5.74) is 12.2. The van der Waals surface area contributed by atoms with E-state index in [1.165, 1.54) is 0 Å². The van der Waals surface area contributed by atoms with Crippen molar-refractivity contribution < 1.29 is 94.5 Å². The van der Waals surface area contributed by atoms with E-state index in [1.807, 2.05) is 19.1 Å². The summed E-state index contributed by atoms with van der Waals surface area (Å²) in [7, 11) is 3.28. The van der Waals surface area contributed by atoms with E-state index in [2.05, 4.69) is 26.8 Å². The summed E-state index contributed by atoms with van der Waals surface area (Å²) >= 11 is 0. The molecule has 1 aromatic carbocycles. The Morgan fingerprint density at radius 3 is 1.75 bits per heavy atom. The number of rotatable bonds is 25. The molecule has 0 saturated carbocycles. The molecule has 3 aliphatic heterocycles. The van der Waals surface area contributed by atoms with E-state index in [0.29, 0.717) is 119 Å². The van der Waals surface area contributed by atoms with E-state index in [4.69, 9.17) is 77.5 Å². The van der Waals surface area contributed by atoms with Gasteiger partial charge in [-0.25, -0.2) is 9.97 Å². The van der Waals surface area contributed by atoms with Crippen LogP contribution < -0.4 is 29.4 Å². The molecule has 5 heterocycles. The molecule has 378 valence electrons. The number of hydrogen-bond donors (Lipinski definition) is 0. The number of allylic oxidation sites excluding steroid dienone is 4. The number of aryl methyl sites for hydroxylation is 2. The van der Waals surface area contributed by atoms with E-state index in [0.717, 1.165) is 94.1 Å². The summed E-state index contributed by atoms with van der Waals surface area (Å²) in [6, 6.07) is 5.72. The van der Waals surface area contributed by atoms with E-state index in [1.54, 1.807) is 26.6 Å². The molecule has 0 aliphatic carbocycles. The number of aliphatic carboxylic acids is 1. The van der Waals surface area contributed by atoms with Crippen molar-refractivity contribution in [2.45, 2.75) is 73.1 Å². The van der Waals surface area contributed by atoms with Crippen LogP contribution in [0.15, 0.2) is 30.6 Å². The van der Waals surface area contributed by atoms with Crippen LogP contribution in [0, 0.1) is 36.9 Å². The quantitative estimate of drug-likeness (QED) is 0.101. The van der Waals surface area contributed by atoms with Gasteiger partial charge in [-0.2, -0.15) is 0 Å². The Labute approximate surface area is 428 Å². The molecule has 17 nitrogen and oxygen atoms in total. The van der Waals surface area contributed by atoms with Crippen molar-refractivity contribution in [1.29, 1.82) is 0 Å². The van der Waals surface area contributed by atoms with Gasteiger partial charge in [0.25, 0.3) is 0 Å². The van der Waals surface area contributed by atoms with Crippen LogP contribution in [0.5, 0.6) is 17.2 Å². The van der Waals surface area contributed by atoms with Crippen molar-refractivity contribution in [3.8, 4) is 17.2 Å². The zero-order chi connectivity index (χ0) is 48.0. The van der Waals surface area contributed by atoms with Crippen molar-refractivity contribution in [1.82, 2.24) is 24.9 Å². The van der Waals surface area contributed by atoms with E-state index in [9.17, 15) is 5.11 Å². The molecule has 68 heavy (non-hydrogen) atoms. The molecule has 0 saturated heterocycles. The van der Waals surface area contributed by atoms with Crippen LogP contribution in [0.4, 0.5) is 0 Å². The number of carboxylic acids is 1. The third-order valence-corrected chi connectivity index (χ3v) is 11.0. The Morgan fingerprint density at radius 1 is 0.721 bits per heavy atom. The molecule has 6 bridgehead atoms. The zero-order valence-electron chi connectivity index (χ0n) is 40.4. The standard InChI is InChI=1S/C48H63N5O10.C2H4O2.Lu/c1-7-34-35(8-2)46-48-47-37(12-10-14-63-48)33(4)43(53-47)31-50-41-29-45(62-26-24-60-22-20-58-18-16-56-6)44(61-25-23-59-21-19-57-17-15-55-5)28-40(41)49-30-42-32(3)36(11-9-13-54)39(51-42)27-38(34)52-46;1-2(3)4;/h27-31H,7-26H2,1-6H3;1H3,(H,3,4);/q-2;;+3/p-1. The van der Waals surface area contributed by atoms with Gasteiger partial charge in [-0.3, -0.25) is 9.97 Å². The molecule has 0 amide bonds. The van der Waals surface area contributed by atoms with Crippen LogP contribution >= 0.6 is 0 Å². The maximum absolute atomic E-state index is 11.8. The second kappa shape index (κ2) is 30.5. The van der Waals surface area contributed by atoms with Gasteiger partial charge in [0, 0.05) is 32.3 Å². The Balaban J connectivity index is 0.00000194. The first-order chi connectivity index (χ1) is 32.6. The third kappa shape index (κ3) is 16.3. The largest absolute Gasteiger partial charge is 3.00 e. The molecule has 0 radical (unpaired) electrons. The number of fused-ring (bicyclic) bond motifs is 7. The molecule has 2 aromatic heterocycles. The number of aromatic nitrogens is 5. The van der Waals surface area contributed by atoms with Gasteiger partial charge in [0.1, 0.15) is 24.7 Å². The minimum atomic E-state index is -1.08. The van der Waals surface area contributed by atoms with Crippen LogP contribution in [-0.4, -0.2) is 133 Å². The number of ether oxygens (including phenoxy) is 9. The van der Waals surface area contributed by atoms with Crippen molar-refractivity contribution in [3.63, 3.8) is 0 Å². The third-order valence-electron chi connectivity index (χ3n) is 11.0. The van der Waals surface area contributed by atoms with Gasteiger partial charge in [-0.05, 0) is 75.2 Å². The van der Waals surface area contributed by atoms with Gasteiger partial charge in [0.15, 0.2) is 11.5 Å². The van der Waals surface area contributed by atoms with Crippen LogP contribution in [-0.2, 0) is 46.1 Å². The van der Waals surface area contributed by atoms with Crippen LogP contribution in [0.2, 0.25) is 0 Å². The van der Waals surface area contributed by atoms with E-state index >= 15 is 0 Å². The Bertz CT molecular complexity index is 2370. The smallest absolute Gasteiger partial charge is 0.854 e. The summed E-state index contributed by atoms with van der Waals surface area (Å²) in [5, 5.41) is 20.7. The fourth-order valence-electron chi connectivity index (χ4n) is 7.68. The molecule has 0 unspecified atom stereocenters. The number of carbonyl (C=O) groups is 1. The van der Waals surface area contributed by atoms with Gasteiger partial charge in [-0.1, -0.05) is 43.0 Å². The first-order valence-corrected chi connectivity index (χ1v) is 23.1. The molecule has 0 N–H and O–H groups in total. The summed E-state index contributed by atoms with van der Waals surface area (Å²) in [6.07, 6.45) is 7.86. The molecule has 3 aliphatic rings. The second-order valence-corrected chi connectivity index (χ2v) is 15.6. The molecule has 18 heteroatoms. The fourth-order valence-corrected chi connectivity index (χ4v) is 7.68. The molecule has 0 spiro atoms. The fraction of sp³-hybridized carbons (Fsp3) is 0.540. The van der Waals surface area contributed by atoms with Gasteiger partial charge >= 0.3 is 36.9 Å². The number of hydrogen-bond acceptors (Lipinski definition) is 16. The van der Waals surface area contributed by atoms with Gasteiger partial charge in [0.2, 0.25) is 0 Å². The van der Waals surface area contributed by atoms with Crippen molar-refractivity contribution in [2.24, 2.45) is 0 Å².